The fourth-order valence-corrected chi connectivity index (χ4v) is 2.22. The SMILES string of the molecule is CCOc1ccc(CC2CNCCO2)cc1Cl. The number of nitrogens with one attached hydrogen (secondary N) is 1. The van der Waals surface area contributed by atoms with Crippen LogP contribution in [0.5, 0.6) is 5.75 Å². The average Bonchev–Trinajstić information content (AvgIpc) is 2.34. The lowest BCUT2D eigenvalue weighted by Gasteiger charge is -2.23. The molecule has 0 amide bonds. The Kier molecular flexibility index (Phi) is 4.66. The highest BCUT2D eigenvalue weighted by Crippen LogP contribution is 2.26. The third-order valence-electron chi connectivity index (χ3n) is 2.76. The molecule has 1 atom stereocenters. The molecular weight excluding hydrogens is 238 g/mol. The van der Waals surface area contributed by atoms with E-state index >= 15 is 0 Å². The van der Waals surface area contributed by atoms with Crippen LogP contribution in [0.4, 0.5) is 0 Å². The number of hydrogen-bond donors (Lipinski definition) is 1. The minimum Gasteiger partial charge on any atom is -0.492 e. The number of benzene rings is 1. The van der Waals surface area contributed by atoms with E-state index in [0.717, 1.165) is 31.9 Å². The molecule has 3 nitrogen and oxygen atoms in total. The lowest BCUT2D eigenvalue weighted by Crippen LogP contribution is -2.39. The van der Waals surface area contributed by atoms with Crippen LogP contribution < -0.4 is 10.1 Å². The third-order valence-corrected chi connectivity index (χ3v) is 3.06. The fraction of sp³-hybridized carbons (Fsp3) is 0.538. The summed E-state index contributed by atoms with van der Waals surface area (Å²) in [6.45, 7) is 5.22. The zero-order valence-corrected chi connectivity index (χ0v) is 10.8. The summed E-state index contributed by atoms with van der Waals surface area (Å²) in [6, 6.07) is 5.94. The lowest BCUT2D eigenvalue weighted by atomic mass is 10.1. The third kappa shape index (κ3) is 3.60. The molecule has 0 aliphatic carbocycles. The van der Waals surface area contributed by atoms with Crippen molar-refractivity contribution in [2.45, 2.75) is 19.4 Å². The molecule has 0 bridgehead atoms. The minimum atomic E-state index is 0.248. The molecule has 0 spiro atoms. The van der Waals surface area contributed by atoms with E-state index in [1.807, 2.05) is 19.1 Å². The predicted octanol–water partition coefficient (Wildman–Crippen LogP) is 2.27. The minimum absolute atomic E-state index is 0.248. The van der Waals surface area contributed by atoms with E-state index in [1.54, 1.807) is 0 Å². The summed E-state index contributed by atoms with van der Waals surface area (Å²) >= 11 is 6.14. The smallest absolute Gasteiger partial charge is 0.137 e. The molecule has 2 rings (SSSR count). The molecular formula is C13H18ClNO2. The zero-order chi connectivity index (χ0) is 12.1. The number of morpholine rings is 1. The molecule has 1 aromatic rings. The van der Waals surface area contributed by atoms with Crippen LogP contribution >= 0.6 is 11.6 Å². The van der Waals surface area contributed by atoms with Gasteiger partial charge < -0.3 is 14.8 Å². The summed E-state index contributed by atoms with van der Waals surface area (Å²) in [6.07, 6.45) is 1.14. The Labute approximate surface area is 107 Å². The first kappa shape index (κ1) is 12.7. The lowest BCUT2D eigenvalue weighted by molar-refractivity contribution is 0.0292. The molecule has 0 aromatic heterocycles. The molecule has 1 heterocycles. The molecule has 0 radical (unpaired) electrons. The zero-order valence-electron chi connectivity index (χ0n) is 10.0. The molecule has 1 unspecified atom stereocenters. The highest BCUT2D eigenvalue weighted by Gasteiger charge is 2.14. The molecule has 1 aliphatic heterocycles. The first-order valence-electron chi connectivity index (χ1n) is 6.03. The second kappa shape index (κ2) is 6.24. The maximum Gasteiger partial charge on any atom is 0.137 e. The Morgan fingerprint density at radius 2 is 2.41 bits per heavy atom. The van der Waals surface area contributed by atoms with Gasteiger partial charge in [-0.3, -0.25) is 0 Å². The largest absolute Gasteiger partial charge is 0.492 e. The van der Waals surface area contributed by atoms with Gasteiger partial charge in [0.1, 0.15) is 5.75 Å². The molecule has 94 valence electrons. The first-order valence-corrected chi connectivity index (χ1v) is 6.41. The maximum absolute atomic E-state index is 6.14. The van der Waals surface area contributed by atoms with Crippen molar-refractivity contribution in [1.29, 1.82) is 0 Å². The van der Waals surface area contributed by atoms with Gasteiger partial charge in [0.05, 0.1) is 24.3 Å². The summed E-state index contributed by atoms with van der Waals surface area (Å²) in [4.78, 5) is 0. The Morgan fingerprint density at radius 3 is 3.06 bits per heavy atom. The van der Waals surface area contributed by atoms with Gasteiger partial charge in [0, 0.05) is 13.1 Å². The van der Waals surface area contributed by atoms with E-state index in [0.29, 0.717) is 11.6 Å². The van der Waals surface area contributed by atoms with E-state index in [2.05, 4.69) is 11.4 Å². The van der Waals surface area contributed by atoms with Crippen LogP contribution in [0, 0.1) is 0 Å². The van der Waals surface area contributed by atoms with Gasteiger partial charge in [0.25, 0.3) is 0 Å². The van der Waals surface area contributed by atoms with Crippen molar-refractivity contribution in [3.8, 4) is 5.75 Å². The number of hydrogen-bond acceptors (Lipinski definition) is 3. The molecule has 17 heavy (non-hydrogen) atoms. The van der Waals surface area contributed by atoms with Crippen molar-refractivity contribution in [2.75, 3.05) is 26.3 Å². The number of halogens is 1. The Hall–Kier alpha value is -0.770. The first-order chi connectivity index (χ1) is 8.29. The van der Waals surface area contributed by atoms with Crippen molar-refractivity contribution in [3.05, 3.63) is 28.8 Å². The van der Waals surface area contributed by atoms with Crippen molar-refractivity contribution in [1.82, 2.24) is 5.32 Å². The van der Waals surface area contributed by atoms with Crippen molar-refractivity contribution >= 4 is 11.6 Å². The molecule has 1 aromatic carbocycles. The summed E-state index contributed by atoms with van der Waals surface area (Å²) in [5, 5.41) is 3.99. The topological polar surface area (TPSA) is 30.5 Å². The average molecular weight is 256 g/mol. The van der Waals surface area contributed by atoms with Crippen molar-refractivity contribution in [3.63, 3.8) is 0 Å². The van der Waals surface area contributed by atoms with Gasteiger partial charge in [-0.05, 0) is 31.0 Å². The van der Waals surface area contributed by atoms with Crippen LogP contribution in [-0.4, -0.2) is 32.4 Å². The van der Waals surface area contributed by atoms with Gasteiger partial charge in [-0.15, -0.1) is 0 Å². The van der Waals surface area contributed by atoms with Crippen molar-refractivity contribution in [2.24, 2.45) is 0 Å². The summed E-state index contributed by atoms with van der Waals surface area (Å²) in [7, 11) is 0. The summed E-state index contributed by atoms with van der Waals surface area (Å²) in [5.74, 6) is 0.751. The van der Waals surface area contributed by atoms with Crippen LogP contribution in [0.25, 0.3) is 0 Å². The molecule has 1 fully saturated rings. The van der Waals surface area contributed by atoms with Crippen LogP contribution in [-0.2, 0) is 11.2 Å². The predicted molar refractivity (Wildman–Crippen MR) is 68.9 cm³/mol. The second-order valence-electron chi connectivity index (χ2n) is 4.10. The summed E-state index contributed by atoms with van der Waals surface area (Å²) in [5.41, 5.74) is 1.19. The molecule has 0 saturated carbocycles. The van der Waals surface area contributed by atoms with E-state index in [9.17, 15) is 0 Å². The Bertz CT molecular complexity index is 364. The molecule has 1 saturated heterocycles. The monoisotopic (exact) mass is 255 g/mol. The van der Waals surface area contributed by atoms with Gasteiger partial charge in [-0.2, -0.15) is 0 Å². The van der Waals surface area contributed by atoms with Crippen LogP contribution in [0.1, 0.15) is 12.5 Å². The molecule has 4 heteroatoms. The molecule has 1 aliphatic rings. The van der Waals surface area contributed by atoms with Crippen LogP contribution in [0.15, 0.2) is 18.2 Å². The van der Waals surface area contributed by atoms with Crippen LogP contribution in [0.3, 0.4) is 0 Å². The second-order valence-corrected chi connectivity index (χ2v) is 4.51. The van der Waals surface area contributed by atoms with Gasteiger partial charge >= 0.3 is 0 Å². The van der Waals surface area contributed by atoms with Gasteiger partial charge in [0.15, 0.2) is 0 Å². The number of ether oxygens (including phenoxy) is 2. The van der Waals surface area contributed by atoms with E-state index in [4.69, 9.17) is 21.1 Å². The van der Waals surface area contributed by atoms with E-state index < -0.39 is 0 Å². The van der Waals surface area contributed by atoms with Crippen molar-refractivity contribution < 1.29 is 9.47 Å². The van der Waals surface area contributed by atoms with E-state index in [-0.39, 0.29) is 6.10 Å². The standard InChI is InChI=1S/C13H18ClNO2/c1-2-16-13-4-3-10(8-12(13)14)7-11-9-15-5-6-17-11/h3-4,8,11,15H,2,5-7,9H2,1H3. The highest BCUT2D eigenvalue weighted by atomic mass is 35.5. The summed E-state index contributed by atoms with van der Waals surface area (Å²) < 4.78 is 11.1. The quantitative estimate of drug-likeness (QED) is 0.895. The fourth-order valence-electron chi connectivity index (χ4n) is 1.96. The normalized spacial score (nSPS) is 20.2. The Morgan fingerprint density at radius 1 is 1.53 bits per heavy atom. The van der Waals surface area contributed by atoms with E-state index in [1.165, 1.54) is 5.56 Å². The maximum atomic E-state index is 6.14. The number of rotatable bonds is 4. The Balaban J connectivity index is 1.98. The highest BCUT2D eigenvalue weighted by molar-refractivity contribution is 6.32. The van der Waals surface area contributed by atoms with Crippen LogP contribution in [0.2, 0.25) is 5.02 Å². The van der Waals surface area contributed by atoms with Gasteiger partial charge in [-0.25, -0.2) is 0 Å². The van der Waals surface area contributed by atoms with Gasteiger partial charge in [-0.1, -0.05) is 17.7 Å². The van der Waals surface area contributed by atoms with Gasteiger partial charge in [0.2, 0.25) is 0 Å². The molecule has 1 N–H and O–H groups in total.